The van der Waals surface area contributed by atoms with Crippen molar-refractivity contribution in [3.8, 4) is 6.07 Å². The van der Waals surface area contributed by atoms with Crippen LogP contribution in [0.4, 0.5) is 11.4 Å². The highest BCUT2D eigenvalue weighted by Crippen LogP contribution is 2.21. The molecule has 0 heterocycles. The van der Waals surface area contributed by atoms with Gasteiger partial charge in [0.25, 0.3) is 0 Å². The number of rotatable bonds is 6. The fourth-order valence-electron chi connectivity index (χ4n) is 2.01. The Morgan fingerprint density at radius 3 is 2.06 bits per heavy atom. The molecule has 1 rings (SSSR count). The van der Waals surface area contributed by atoms with Crippen molar-refractivity contribution in [1.82, 2.24) is 0 Å². The summed E-state index contributed by atoms with van der Waals surface area (Å²) < 4.78 is 0. The van der Waals surface area contributed by atoms with Crippen molar-refractivity contribution >= 4 is 11.4 Å². The maximum atomic E-state index is 8.73. The van der Waals surface area contributed by atoms with Gasteiger partial charge in [-0.1, -0.05) is 0 Å². The Bertz CT molecular complexity index is 387. The van der Waals surface area contributed by atoms with Crippen molar-refractivity contribution in [3.63, 3.8) is 0 Å². The van der Waals surface area contributed by atoms with Gasteiger partial charge in [0.05, 0.1) is 12.5 Å². The monoisotopic (exact) mass is 245 g/mol. The molecule has 0 saturated heterocycles. The van der Waals surface area contributed by atoms with Crippen LogP contribution in [0.25, 0.3) is 0 Å². The zero-order valence-corrected chi connectivity index (χ0v) is 11.8. The van der Waals surface area contributed by atoms with Crippen molar-refractivity contribution in [2.75, 3.05) is 29.9 Å². The molecule has 18 heavy (non-hydrogen) atoms. The topological polar surface area (TPSA) is 30.3 Å². The molecule has 0 amide bonds. The average Bonchev–Trinajstić information content (AvgIpc) is 2.40. The molecule has 3 nitrogen and oxygen atoms in total. The van der Waals surface area contributed by atoms with Crippen molar-refractivity contribution in [2.24, 2.45) is 0 Å². The second-order valence-electron chi connectivity index (χ2n) is 4.51. The third-order valence-corrected chi connectivity index (χ3v) is 3.43. The normalized spacial score (nSPS) is 11.7. The van der Waals surface area contributed by atoms with Crippen LogP contribution >= 0.6 is 0 Å². The number of nitrogens with zero attached hydrogens (tertiary/aromatic N) is 3. The van der Waals surface area contributed by atoms with Gasteiger partial charge in [0.1, 0.15) is 0 Å². The van der Waals surface area contributed by atoms with Gasteiger partial charge in [-0.3, -0.25) is 0 Å². The fourth-order valence-corrected chi connectivity index (χ4v) is 2.01. The number of hydrogen-bond donors (Lipinski definition) is 0. The van der Waals surface area contributed by atoms with Gasteiger partial charge >= 0.3 is 0 Å². The van der Waals surface area contributed by atoms with Gasteiger partial charge in [-0.2, -0.15) is 5.26 Å². The van der Waals surface area contributed by atoms with E-state index >= 15 is 0 Å². The number of hydrogen-bond acceptors (Lipinski definition) is 3. The van der Waals surface area contributed by atoms with E-state index in [1.54, 1.807) is 0 Å². The predicted octanol–water partition coefficient (Wildman–Crippen LogP) is 3.27. The summed E-state index contributed by atoms with van der Waals surface area (Å²) in [5.74, 6) is 0. The van der Waals surface area contributed by atoms with Gasteiger partial charge in [0.15, 0.2) is 0 Å². The molecular weight excluding hydrogens is 222 g/mol. The summed E-state index contributed by atoms with van der Waals surface area (Å²) in [6.07, 6.45) is 0.550. The zero-order chi connectivity index (χ0) is 13.5. The highest BCUT2D eigenvalue weighted by molar-refractivity contribution is 5.56. The van der Waals surface area contributed by atoms with Crippen LogP contribution in [0.3, 0.4) is 0 Å². The molecule has 0 saturated carbocycles. The van der Waals surface area contributed by atoms with Crippen molar-refractivity contribution in [1.29, 1.82) is 5.26 Å². The molecule has 0 aromatic heterocycles. The number of benzene rings is 1. The third-order valence-electron chi connectivity index (χ3n) is 3.43. The summed E-state index contributed by atoms with van der Waals surface area (Å²) in [5.41, 5.74) is 2.42. The molecule has 1 atom stereocenters. The first kappa shape index (κ1) is 14.4. The molecule has 0 fully saturated rings. The lowest BCUT2D eigenvalue weighted by atomic mass is 10.2. The Morgan fingerprint density at radius 2 is 1.61 bits per heavy atom. The molecule has 1 aromatic rings. The lowest BCUT2D eigenvalue weighted by Gasteiger charge is -2.26. The summed E-state index contributed by atoms with van der Waals surface area (Å²) in [6, 6.07) is 11.0. The maximum Gasteiger partial charge on any atom is 0.0643 e. The molecule has 1 unspecified atom stereocenters. The minimum absolute atomic E-state index is 0.245. The molecule has 0 N–H and O–H groups in total. The SMILES string of the molecule is CCN(CC)c1ccc(N(C)C(C)CC#N)cc1. The first-order valence-electron chi connectivity index (χ1n) is 6.58. The Kier molecular flexibility index (Phi) is 5.51. The van der Waals surface area contributed by atoms with E-state index in [-0.39, 0.29) is 6.04 Å². The molecule has 0 spiro atoms. The van der Waals surface area contributed by atoms with E-state index in [2.05, 4.69) is 60.9 Å². The molecule has 0 aliphatic heterocycles. The first-order chi connectivity index (χ1) is 8.63. The second-order valence-corrected chi connectivity index (χ2v) is 4.51. The first-order valence-corrected chi connectivity index (χ1v) is 6.58. The van der Waals surface area contributed by atoms with Crippen LogP contribution in [0, 0.1) is 11.3 Å². The summed E-state index contributed by atoms with van der Waals surface area (Å²) in [6.45, 7) is 8.45. The van der Waals surface area contributed by atoms with E-state index in [1.807, 2.05) is 7.05 Å². The van der Waals surface area contributed by atoms with E-state index in [4.69, 9.17) is 5.26 Å². The van der Waals surface area contributed by atoms with Gasteiger partial charge in [0, 0.05) is 37.6 Å². The zero-order valence-electron chi connectivity index (χ0n) is 11.8. The molecular formula is C15H23N3. The highest BCUT2D eigenvalue weighted by Gasteiger charge is 2.10. The average molecular weight is 245 g/mol. The second kappa shape index (κ2) is 6.90. The molecule has 98 valence electrons. The van der Waals surface area contributed by atoms with Crippen LogP contribution in [0.15, 0.2) is 24.3 Å². The molecule has 0 aliphatic carbocycles. The van der Waals surface area contributed by atoms with E-state index in [1.165, 1.54) is 5.69 Å². The minimum Gasteiger partial charge on any atom is -0.372 e. The van der Waals surface area contributed by atoms with E-state index in [0.717, 1.165) is 18.8 Å². The van der Waals surface area contributed by atoms with Crippen molar-refractivity contribution in [2.45, 2.75) is 33.2 Å². The Balaban J connectivity index is 2.79. The van der Waals surface area contributed by atoms with E-state index in [9.17, 15) is 0 Å². The van der Waals surface area contributed by atoms with E-state index in [0.29, 0.717) is 6.42 Å². The number of anilines is 2. The predicted molar refractivity (Wildman–Crippen MR) is 78.1 cm³/mol. The highest BCUT2D eigenvalue weighted by atomic mass is 15.1. The smallest absolute Gasteiger partial charge is 0.0643 e. The molecule has 0 radical (unpaired) electrons. The fraction of sp³-hybridized carbons (Fsp3) is 0.533. The summed E-state index contributed by atoms with van der Waals surface area (Å²) in [7, 11) is 2.04. The Labute approximate surface area is 111 Å². The lowest BCUT2D eigenvalue weighted by molar-refractivity contribution is 0.702. The van der Waals surface area contributed by atoms with Crippen LogP contribution in [-0.2, 0) is 0 Å². The Hall–Kier alpha value is -1.69. The summed E-state index contributed by atoms with van der Waals surface area (Å²) in [4.78, 5) is 4.47. The molecule has 0 bridgehead atoms. The summed E-state index contributed by atoms with van der Waals surface area (Å²) >= 11 is 0. The largest absolute Gasteiger partial charge is 0.372 e. The van der Waals surface area contributed by atoms with Crippen LogP contribution in [-0.4, -0.2) is 26.2 Å². The minimum atomic E-state index is 0.245. The van der Waals surface area contributed by atoms with E-state index < -0.39 is 0 Å². The third kappa shape index (κ3) is 3.40. The van der Waals surface area contributed by atoms with Gasteiger partial charge in [0.2, 0.25) is 0 Å². The van der Waals surface area contributed by atoms with Crippen LogP contribution in [0.2, 0.25) is 0 Å². The van der Waals surface area contributed by atoms with Crippen LogP contribution in [0.1, 0.15) is 27.2 Å². The van der Waals surface area contributed by atoms with Gasteiger partial charge in [-0.15, -0.1) is 0 Å². The number of nitriles is 1. The lowest BCUT2D eigenvalue weighted by Crippen LogP contribution is -2.28. The van der Waals surface area contributed by atoms with Gasteiger partial charge in [-0.25, -0.2) is 0 Å². The summed E-state index contributed by atoms with van der Waals surface area (Å²) in [5, 5.41) is 8.73. The molecule has 0 aliphatic rings. The molecule has 3 heteroatoms. The quantitative estimate of drug-likeness (QED) is 0.770. The van der Waals surface area contributed by atoms with Crippen molar-refractivity contribution in [3.05, 3.63) is 24.3 Å². The molecule has 1 aromatic carbocycles. The Morgan fingerprint density at radius 1 is 1.11 bits per heavy atom. The standard InChI is InChI=1S/C15H23N3/c1-5-18(6-2)15-9-7-14(8-10-15)17(4)13(3)11-12-16/h7-10,13H,5-6,11H2,1-4H3. The van der Waals surface area contributed by atoms with Gasteiger partial charge < -0.3 is 9.80 Å². The van der Waals surface area contributed by atoms with Crippen LogP contribution < -0.4 is 9.80 Å². The van der Waals surface area contributed by atoms with Crippen LogP contribution in [0.5, 0.6) is 0 Å². The maximum absolute atomic E-state index is 8.73. The van der Waals surface area contributed by atoms with Gasteiger partial charge in [-0.05, 0) is 45.0 Å². The van der Waals surface area contributed by atoms with Crippen molar-refractivity contribution < 1.29 is 0 Å².